The van der Waals surface area contributed by atoms with Crippen molar-refractivity contribution < 1.29 is 4.79 Å². The number of halogens is 2. The van der Waals surface area contributed by atoms with Crippen LogP contribution < -0.4 is 10.6 Å². The summed E-state index contributed by atoms with van der Waals surface area (Å²) in [6.45, 7) is 6.26. The number of thiophene rings is 1. The summed E-state index contributed by atoms with van der Waals surface area (Å²) in [6, 6.07) is 17.3. The topological polar surface area (TPSA) is 71.8 Å². The van der Waals surface area contributed by atoms with Gasteiger partial charge in [-0.25, -0.2) is 0 Å². The van der Waals surface area contributed by atoms with Crippen LogP contribution in [-0.2, 0) is 0 Å². The van der Waals surface area contributed by atoms with Crippen molar-refractivity contribution in [3.63, 3.8) is 0 Å². The maximum absolute atomic E-state index is 12.9. The number of anilines is 1. The van der Waals surface area contributed by atoms with Crippen LogP contribution in [0.25, 0.3) is 26.8 Å². The zero-order valence-electron chi connectivity index (χ0n) is 19.6. The van der Waals surface area contributed by atoms with Crippen LogP contribution in [-0.4, -0.2) is 26.0 Å². The summed E-state index contributed by atoms with van der Waals surface area (Å²) in [6.07, 6.45) is 0. The summed E-state index contributed by atoms with van der Waals surface area (Å²) in [5, 5.41) is 16.9. The number of amides is 1. The number of aryl methyl sites for hydroxylation is 1. The fourth-order valence-corrected chi connectivity index (χ4v) is 5.70. The molecule has 0 unspecified atom stereocenters. The van der Waals surface area contributed by atoms with Crippen LogP contribution in [0.5, 0.6) is 0 Å². The molecule has 5 aromatic rings. The van der Waals surface area contributed by atoms with E-state index in [1.54, 1.807) is 23.0 Å². The molecule has 1 amide bonds. The Morgan fingerprint density at radius 1 is 1.03 bits per heavy atom. The van der Waals surface area contributed by atoms with Crippen LogP contribution in [0, 0.1) is 6.92 Å². The Hall–Kier alpha value is -3.04. The fraction of sp³-hybridized carbons (Fsp3) is 0.154. The molecule has 2 N–H and O–H groups in total. The molecule has 0 saturated carbocycles. The van der Waals surface area contributed by atoms with Crippen molar-refractivity contribution in [1.82, 2.24) is 20.3 Å². The number of benzene rings is 3. The molecule has 3 aromatic carbocycles. The molecule has 0 spiro atoms. The number of carbonyl (C=O) groups is 1. The average molecular weight is 555 g/mol. The van der Waals surface area contributed by atoms with Gasteiger partial charge >= 0.3 is 0 Å². The standard InChI is InChI=1S/C26H21Cl2N5OS2/c1-13(2)15-4-7-17(8-5-15)33-31-20-10-14(3)19(12-21(20)32-33)29-26(35)30-25(34)24-23(28)18-9-6-16(27)11-22(18)36-24/h4-13H,1-3H3,(H2,29,30,34,35). The molecule has 2 aromatic heterocycles. The molecule has 5 rings (SSSR count). The molecule has 6 nitrogen and oxygen atoms in total. The molecule has 36 heavy (non-hydrogen) atoms. The van der Waals surface area contributed by atoms with Gasteiger partial charge in [0.1, 0.15) is 15.9 Å². The van der Waals surface area contributed by atoms with E-state index >= 15 is 0 Å². The quantitative estimate of drug-likeness (QED) is 0.225. The van der Waals surface area contributed by atoms with Gasteiger partial charge in [0.15, 0.2) is 5.11 Å². The molecule has 0 aliphatic carbocycles. The van der Waals surface area contributed by atoms with E-state index in [2.05, 4.69) is 46.8 Å². The first-order valence-corrected chi connectivity index (χ1v) is 13.2. The van der Waals surface area contributed by atoms with E-state index in [1.165, 1.54) is 16.9 Å². The minimum atomic E-state index is -0.385. The number of carbonyl (C=O) groups excluding carboxylic acids is 1. The zero-order valence-corrected chi connectivity index (χ0v) is 22.7. The number of nitrogens with zero attached hydrogens (tertiary/aromatic N) is 3. The maximum Gasteiger partial charge on any atom is 0.269 e. The summed E-state index contributed by atoms with van der Waals surface area (Å²) in [5.74, 6) is 0.0713. The van der Waals surface area contributed by atoms with Crippen LogP contribution in [0.3, 0.4) is 0 Å². The van der Waals surface area contributed by atoms with Crippen LogP contribution in [0.1, 0.15) is 40.6 Å². The molecule has 0 aliphatic rings. The molecule has 2 heterocycles. The Morgan fingerprint density at radius 3 is 2.42 bits per heavy atom. The lowest BCUT2D eigenvalue weighted by atomic mass is 10.0. The molecule has 0 saturated heterocycles. The van der Waals surface area contributed by atoms with Crippen molar-refractivity contribution in [2.75, 3.05) is 5.32 Å². The molecule has 0 aliphatic heterocycles. The largest absolute Gasteiger partial charge is 0.332 e. The number of hydrogen-bond donors (Lipinski definition) is 2. The predicted molar refractivity (Wildman–Crippen MR) is 153 cm³/mol. The minimum absolute atomic E-state index is 0.158. The molecule has 0 bridgehead atoms. The second kappa shape index (κ2) is 9.78. The summed E-state index contributed by atoms with van der Waals surface area (Å²) in [4.78, 5) is 14.9. The molecule has 0 fully saturated rings. The zero-order chi connectivity index (χ0) is 25.6. The van der Waals surface area contributed by atoms with E-state index in [1.807, 2.05) is 31.2 Å². The second-order valence-corrected chi connectivity index (χ2v) is 11.0. The molecule has 10 heteroatoms. The average Bonchev–Trinajstić information content (AvgIpc) is 3.39. The second-order valence-electron chi connectivity index (χ2n) is 8.69. The van der Waals surface area contributed by atoms with Crippen LogP contribution in [0.2, 0.25) is 10.0 Å². The Balaban J connectivity index is 1.34. The smallest absolute Gasteiger partial charge is 0.269 e. The Morgan fingerprint density at radius 2 is 1.72 bits per heavy atom. The molecule has 0 radical (unpaired) electrons. The summed E-state index contributed by atoms with van der Waals surface area (Å²) in [7, 11) is 0. The lowest BCUT2D eigenvalue weighted by Gasteiger charge is -2.11. The first-order valence-electron chi connectivity index (χ1n) is 11.2. The van der Waals surface area contributed by atoms with Crippen molar-refractivity contribution in [2.24, 2.45) is 0 Å². The highest BCUT2D eigenvalue weighted by atomic mass is 35.5. The Labute approximate surface area is 227 Å². The third-order valence-electron chi connectivity index (χ3n) is 5.79. The summed E-state index contributed by atoms with van der Waals surface area (Å²) in [5.41, 5.74) is 5.24. The number of rotatable bonds is 4. The van der Waals surface area contributed by atoms with E-state index in [4.69, 9.17) is 35.4 Å². The lowest BCUT2D eigenvalue weighted by Crippen LogP contribution is -2.34. The van der Waals surface area contributed by atoms with Crippen molar-refractivity contribution in [2.45, 2.75) is 26.7 Å². The van der Waals surface area contributed by atoms with Gasteiger partial charge in [0.25, 0.3) is 5.91 Å². The van der Waals surface area contributed by atoms with Gasteiger partial charge in [0.05, 0.1) is 10.7 Å². The molecule has 182 valence electrons. The number of hydrogen-bond acceptors (Lipinski definition) is 5. The molecular formula is C26H21Cl2N5OS2. The van der Waals surface area contributed by atoms with Gasteiger partial charge in [0.2, 0.25) is 0 Å². The van der Waals surface area contributed by atoms with Crippen molar-refractivity contribution in [3.8, 4) is 5.69 Å². The van der Waals surface area contributed by atoms with E-state index in [9.17, 15) is 4.79 Å². The van der Waals surface area contributed by atoms with Gasteiger partial charge in [-0.05, 0) is 72.6 Å². The van der Waals surface area contributed by atoms with Gasteiger partial charge in [-0.3, -0.25) is 10.1 Å². The van der Waals surface area contributed by atoms with Crippen LogP contribution >= 0.6 is 46.8 Å². The third kappa shape index (κ3) is 4.82. The van der Waals surface area contributed by atoms with Gasteiger partial charge in [0, 0.05) is 20.8 Å². The van der Waals surface area contributed by atoms with Gasteiger partial charge in [-0.1, -0.05) is 55.2 Å². The predicted octanol–water partition coefficient (Wildman–Crippen LogP) is 7.50. The van der Waals surface area contributed by atoms with E-state index < -0.39 is 0 Å². The van der Waals surface area contributed by atoms with Gasteiger partial charge in [-0.2, -0.15) is 4.80 Å². The number of thiocarbonyl (C=S) groups is 1. The third-order valence-corrected chi connectivity index (χ3v) is 7.89. The summed E-state index contributed by atoms with van der Waals surface area (Å²) >= 11 is 19.2. The van der Waals surface area contributed by atoms with Crippen LogP contribution in [0.15, 0.2) is 54.6 Å². The van der Waals surface area contributed by atoms with E-state index in [0.29, 0.717) is 26.4 Å². The number of aromatic nitrogens is 3. The van der Waals surface area contributed by atoms with Gasteiger partial charge in [-0.15, -0.1) is 21.5 Å². The summed E-state index contributed by atoms with van der Waals surface area (Å²) < 4.78 is 0.833. The highest BCUT2D eigenvalue weighted by molar-refractivity contribution is 7.80. The first kappa shape index (κ1) is 24.6. The number of nitrogens with one attached hydrogen (secondary N) is 2. The van der Waals surface area contributed by atoms with Crippen molar-refractivity contribution >= 4 is 84.6 Å². The Bertz CT molecular complexity index is 1640. The van der Waals surface area contributed by atoms with Crippen molar-refractivity contribution in [3.05, 3.63) is 80.6 Å². The molecule has 0 atom stereocenters. The van der Waals surface area contributed by atoms with E-state index in [0.717, 1.165) is 32.5 Å². The van der Waals surface area contributed by atoms with Crippen molar-refractivity contribution in [1.29, 1.82) is 0 Å². The van der Waals surface area contributed by atoms with Gasteiger partial charge < -0.3 is 5.32 Å². The highest BCUT2D eigenvalue weighted by Crippen LogP contribution is 2.36. The lowest BCUT2D eigenvalue weighted by molar-refractivity contribution is 0.0982. The SMILES string of the molecule is Cc1cc2nn(-c3ccc(C(C)C)cc3)nc2cc1NC(=S)NC(=O)c1sc2cc(Cl)ccc2c1Cl. The van der Waals surface area contributed by atoms with Crippen LogP contribution in [0.4, 0.5) is 5.69 Å². The molecular weight excluding hydrogens is 533 g/mol. The van der Waals surface area contributed by atoms with E-state index in [-0.39, 0.29) is 11.0 Å². The minimum Gasteiger partial charge on any atom is -0.332 e. The fourth-order valence-electron chi connectivity index (χ4n) is 3.81. The Kier molecular flexibility index (Phi) is 6.70. The highest BCUT2D eigenvalue weighted by Gasteiger charge is 2.19. The maximum atomic E-state index is 12.9. The first-order chi connectivity index (χ1) is 17.2. The number of fused-ring (bicyclic) bond motifs is 2. The monoisotopic (exact) mass is 553 g/mol. The normalized spacial score (nSPS) is 11.4.